The van der Waals surface area contributed by atoms with Crippen molar-refractivity contribution in [3.8, 4) is 0 Å². The quantitative estimate of drug-likeness (QED) is 0.574. The first kappa shape index (κ1) is 21.6. The normalized spacial score (nSPS) is 14.0. The SMILES string of the molecule is CC(C)C(=O)N1CCN(c2ccc(NC(=O)c3ccc([N+](=O)[O-])cc3Cl)cc2)CC1. The molecule has 1 saturated heterocycles. The van der Waals surface area contributed by atoms with Crippen LogP contribution in [0.25, 0.3) is 0 Å². The van der Waals surface area contributed by atoms with Gasteiger partial charge >= 0.3 is 0 Å². The van der Waals surface area contributed by atoms with Crippen molar-refractivity contribution >= 4 is 40.5 Å². The maximum absolute atomic E-state index is 12.4. The van der Waals surface area contributed by atoms with Gasteiger partial charge in [-0.25, -0.2) is 0 Å². The molecule has 1 fully saturated rings. The fourth-order valence-corrected chi connectivity index (χ4v) is 3.57. The summed E-state index contributed by atoms with van der Waals surface area (Å²) in [5.41, 5.74) is 1.60. The Kier molecular flexibility index (Phi) is 6.56. The lowest BCUT2D eigenvalue weighted by atomic mass is 10.1. The summed E-state index contributed by atoms with van der Waals surface area (Å²) in [5.74, 6) is -0.259. The average molecular weight is 431 g/mol. The van der Waals surface area contributed by atoms with Crippen LogP contribution in [0.15, 0.2) is 42.5 Å². The first-order valence-electron chi connectivity index (χ1n) is 9.65. The van der Waals surface area contributed by atoms with Gasteiger partial charge in [-0.05, 0) is 30.3 Å². The number of rotatable bonds is 5. The maximum atomic E-state index is 12.4. The van der Waals surface area contributed by atoms with Crippen molar-refractivity contribution in [3.63, 3.8) is 0 Å². The molecular formula is C21H23ClN4O4. The van der Waals surface area contributed by atoms with Gasteiger partial charge in [-0.3, -0.25) is 19.7 Å². The molecule has 0 bridgehead atoms. The summed E-state index contributed by atoms with van der Waals surface area (Å²) < 4.78 is 0. The van der Waals surface area contributed by atoms with Gasteiger partial charge < -0.3 is 15.1 Å². The third-order valence-electron chi connectivity index (χ3n) is 4.98. The van der Waals surface area contributed by atoms with E-state index in [0.29, 0.717) is 18.8 Å². The highest BCUT2D eigenvalue weighted by atomic mass is 35.5. The average Bonchev–Trinajstić information content (AvgIpc) is 2.73. The molecule has 0 aliphatic carbocycles. The number of benzene rings is 2. The van der Waals surface area contributed by atoms with Crippen LogP contribution in [-0.2, 0) is 4.79 Å². The number of halogens is 1. The molecule has 0 radical (unpaired) electrons. The first-order valence-corrected chi connectivity index (χ1v) is 10.0. The predicted molar refractivity (Wildman–Crippen MR) is 116 cm³/mol. The lowest BCUT2D eigenvalue weighted by molar-refractivity contribution is -0.384. The molecule has 158 valence electrons. The molecule has 2 aromatic carbocycles. The van der Waals surface area contributed by atoms with Crippen LogP contribution in [0.5, 0.6) is 0 Å². The van der Waals surface area contributed by atoms with Gasteiger partial charge in [0.2, 0.25) is 5.91 Å². The van der Waals surface area contributed by atoms with Crippen LogP contribution in [0.3, 0.4) is 0 Å². The summed E-state index contributed by atoms with van der Waals surface area (Å²) in [6.07, 6.45) is 0. The number of nitrogens with zero attached hydrogens (tertiary/aromatic N) is 3. The maximum Gasteiger partial charge on any atom is 0.270 e. The third-order valence-corrected chi connectivity index (χ3v) is 5.30. The van der Waals surface area contributed by atoms with Crippen molar-refractivity contribution in [3.05, 3.63) is 63.2 Å². The second-order valence-electron chi connectivity index (χ2n) is 7.39. The fraction of sp³-hybridized carbons (Fsp3) is 0.333. The van der Waals surface area contributed by atoms with E-state index in [0.717, 1.165) is 24.8 Å². The fourth-order valence-electron chi connectivity index (χ4n) is 3.31. The number of piperazine rings is 1. The minimum absolute atomic E-state index is 0.00343. The molecular weight excluding hydrogens is 408 g/mol. The summed E-state index contributed by atoms with van der Waals surface area (Å²) in [7, 11) is 0. The van der Waals surface area contributed by atoms with Crippen LogP contribution in [0.2, 0.25) is 5.02 Å². The van der Waals surface area contributed by atoms with E-state index in [1.165, 1.54) is 12.1 Å². The van der Waals surface area contributed by atoms with Gasteiger partial charge in [0.25, 0.3) is 11.6 Å². The standard InChI is InChI=1S/C21H23ClN4O4/c1-14(2)21(28)25-11-9-24(10-12-25)16-5-3-15(4-6-16)23-20(27)18-8-7-17(26(29)30)13-19(18)22/h3-8,13-14H,9-12H2,1-2H3,(H,23,27). The zero-order valence-corrected chi connectivity index (χ0v) is 17.6. The summed E-state index contributed by atoms with van der Waals surface area (Å²) >= 11 is 6.01. The summed E-state index contributed by atoms with van der Waals surface area (Å²) in [4.78, 5) is 38.9. The Balaban J connectivity index is 1.61. The lowest BCUT2D eigenvalue weighted by Gasteiger charge is -2.37. The summed E-state index contributed by atoms with van der Waals surface area (Å²) in [6.45, 7) is 6.70. The van der Waals surface area contributed by atoms with Crippen molar-refractivity contribution in [1.29, 1.82) is 0 Å². The number of nitrogens with one attached hydrogen (secondary N) is 1. The Morgan fingerprint density at radius 3 is 2.23 bits per heavy atom. The molecule has 1 aliphatic rings. The van der Waals surface area contributed by atoms with Gasteiger partial charge in [0, 0.05) is 55.6 Å². The van der Waals surface area contributed by atoms with Crippen LogP contribution < -0.4 is 10.2 Å². The third kappa shape index (κ3) is 4.88. The molecule has 1 heterocycles. The van der Waals surface area contributed by atoms with Crippen molar-refractivity contribution in [2.75, 3.05) is 36.4 Å². The minimum Gasteiger partial charge on any atom is -0.368 e. The Hall–Kier alpha value is -3.13. The number of carbonyl (C=O) groups excluding carboxylic acids is 2. The molecule has 2 aromatic rings. The number of nitro benzene ring substituents is 1. The Morgan fingerprint density at radius 2 is 1.70 bits per heavy atom. The number of amides is 2. The van der Waals surface area contributed by atoms with E-state index in [4.69, 9.17) is 11.6 Å². The molecule has 0 aromatic heterocycles. The van der Waals surface area contributed by atoms with Gasteiger partial charge in [0.15, 0.2) is 0 Å². The van der Waals surface area contributed by atoms with Crippen LogP contribution in [-0.4, -0.2) is 47.8 Å². The first-order chi connectivity index (χ1) is 14.3. The number of hydrogen-bond donors (Lipinski definition) is 1. The molecule has 0 saturated carbocycles. The van der Waals surface area contributed by atoms with Crippen LogP contribution >= 0.6 is 11.6 Å². The molecule has 1 aliphatic heterocycles. The van der Waals surface area contributed by atoms with E-state index in [9.17, 15) is 19.7 Å². The van der Waals surface area contributed by atoms with Crippen molar-refractivity contribution < 1.29 is 14.5 Å². The highest BCUT2D eigenvalue weighted by molar-refractivity contribution is 6.34. The number of hydrogen-bond acceptors (Lipinski definition) is 5. The van der Waals surface area contributed by atoms with Gasteiger partial charge in [0.1, 0.15) is 0 Å². The second kappa shape index (κ2) is 9.13. The lowest BCUT2D eigenvalue weighted by Crippen LogP contribution is -2.49. The highest BCUT2D eigenvalue weighted by Gasteiger charge is 2.23. The van der Waals surface area contributed by atoms with Crippen molar-refractivity contribution in [2.24, 2.45) is 5.92 Å². The topological polar surface area (TPSA) is 95.8 Å². The van der Waals surface area contributed by atoms with Crippen molar-refractivity contribution in [1.82, 2.24) is 4.90 Å². The van der Waals surface area contributed by atoms with E-state index in [-0.39, 0.29) is 28.1 Å². The van der Waals surface area contributed by atoms with E-state index in [2.05, 4.69) is 10.2 Å². The molecule has 1 N–H and O–H groups in total. The molecule has 30 heavy (non-hydrogen) atoms. The van der Waals surface area contributed by atoms with Crippen LogP contribution in [0.1, 0.15) is 24.2 Å². The second-order valence-corrected chi connectivity index (χ2v) is 7.80. The summed E-state index contributed by atoms with van der Waals surface area (Å²) in [5, 5.41) is 13.6. The molecule has 2 amide bonds. The number of nitro groups is 1. The minimum atomic E-state index is -0.565. The molecule has 3 rings (SSSR count). The van der Waals surface area contributed by atoms with Gasteiger partial charge in [-0.2, -0.15) is 0 Å². The Labute approximate surface area is 179 Å². The highest BCUT2D eigenvalue weighted by Crippen LogP contribution is 2.24. The Morgan fingerprint density at radius 1 is 1.07 bits per heavy atom. The van der Waals surface area contributed by atoms with E-state index >= 15 is 0 Å². The van der Waals surface area contributed by atoms with Gasteiger partial charge in [0.05, 0.1) is 15.5 Å². The molecule has 8 nitrogen and oxygen atoms in total. The predicted octanol–water partition coefficient (Wildman–Crippen LogP) is 3.81. The van der Waals surface area contributed by atoms with Crippen LogP contribution in [0.4, 0.5) is 17.1 Å². The zero-order chi connectivity index (χ0) is 21.8. The summed E-state index contributed by atoms with van der Waals surface area (Å²) in [6, 6.07) is 11.1. The van der Waals surface area contributed by atoms with Crippen LogP contribution in [0, 0.1) is 16.0 Å². The Bertz CT molecular complexity index is 954. The molecule has 9 heteroatoms. The van der Waals surface area contributed by atoms with Gasteiger partial charge in [-0.15, -0.1) is 0 Å². The van der Waals surface area contributed by atoms with E-state index < -0.39 is 10.8 Å². The number of carbonyl (C=O) groups is 2. The molecule has 0 atom stereocenters. The molecule has 0 spiro atoms. The smallest absolute Gasteiger partial charge is 0.270 e. The van der Waals surface area contributed by atoms with Crippen molar-refractivity contribution in [2.45, 2.75) is 13.8 Å². The molecule has 0 unspecified atom stereocenters. The zero-order valence-electron chi connectivity index (χ0n) is 16.8. The monoisotopic (exact) mass is 430 g/mol. The largest absolute Gasteiger partial charge is 0.368 e. The van der Waals surface area contributed by atoms with E-state index in [1.807, 2.05) is 30.9 Å². The van der Waals surface area contributed by atoms with Gasteiger partial charge in [-0.1, -0.05) is 25.4 Å². The number of anilines is 2. The number of non-ortho nitro benzene ring substituents is 1. The van der Waals surface area contributed by atoms with E-state index in [1.54, 1.807) is 12.1 Å².